The Morgan fingerprint density at radius 1 is 0.966 bits per heavy atom. The number of benzene rings is 2. The van der Waals surface area contributed by atoms with Crippen LogP contribution in [0.5, 0.6) is 0 Å². The number of imidazole rings is 1. The third kappa shape index (κ3) is 3.45. The second-order valence-corrected chi connectivity index (χ2v) is 6.97. The Morgan fingerprint density at radius 2 is 1.66 bits per heavy atom. The van der Waals surface area contributed by atoms with E-state index in [0.29, 0.717) is 11.2 Å². The van der Waals surface area contributed by atoms with E-state index in [2.05, 4.69) is 14.9 Å². The lowest BCUT2D eigenvalue weighted by Crippen LogP contribution is -2.18. The molecule has 152 valence electrons. The Labute approximate surface area is 162 Å². The zero-order valence-electron chi connectivity index (χ0n) is 15.2. The number of hydrogen-bond donors (Lipinski definition) is 1. The number of hydrogen-bond acceptors (Lipinski definition) is 2. The van der Waals surface area contributed by atoms with Gasteiger partial charge >= 0.3 is 0 Å². The van der Waals surface area contributed by atoms with Gasteiger partial charge in [0.1, 0.15) is 5.82 Å². The summed E-state index contributed by atoms with van der Waals surface area (Å²) >= 11 is 0. The summed E-state index contributed by atoms with van der Waals surface area (Å²) in [6.45, 7) is 0.859. The molecule has 0 bridgehead atoms. The van der Waals surface area contributed by atoms with E-state index in [1.165, 1.54) is 0 Å². The number of carbonyl (C=O) groups excluding carboxylic acids is 1. The van der Waals surface area contributed by atoms with Crippen molar-refractivity contribution < 1.29 is 26.7 Å². The van der Waals surface area contributed by atoms with Crippen LogP contribution in [-0.4, -0.2) is 15.5 Å². The van der Waals surface area contributed by atoms with Crippen molar-refractivity contribution in [2.24, 2.45) is 0 Å². The number of fused-ring (bicyclic) bond motifs is 3. The van der Waals surface area contributed by atoms with Crippen LogP contribution in [0.25, 0.3) is 11.0 Å². The van der Waals surface area contributed by atoms with Gasteiger partial charge in [-0.1, -0.05) is 6.42 Å². The van der Waals surface area contributed by atoms with Crippen LogP contribution in [0.2, 0.25) is 0 Å². The van der Waals surface area contributed by atoms with Gasteiger partial charge in [-0.25, -0.2) is 26.9 Å². The van der Waals surface area contributed by atoms with Crippen LogP contribution in [0.3, 0.4) is 0 Å². The van der Waals surface area contributed by atoms with Gasteiger partial charge in [-0.2, -0.15) is 0 Å². The van der Waals surface area contributed by atoms with Gasteiger partial charge in [0.15, 0.2) is 23.3 Å². The smallest absolute Gasteiger partial charge is 0.229 e. The first-order valence-corrected chi connectivity index (χ1v) is 9.16. The molecule has 2 aromatic carbocycles. The minimum atomic E-state index is -2.26. The van der Waals surface area contributed by atoms with E-state index in [0.717, 1.165) is 43.6 Å². The van der Waals surface area contributed by atoms with Gasteiger partial charge in [0.25, 0.3) is 0 Å². The minimum absolute atomic E-state index is 0.319. The second-order valence-electron chi connectivity index (χ2n) is 6.97. The SMILES string of the molecule is O=C(Cc1c(F)c(F)c(F)c(F)c1F)Nc1ccc2c(c1)nc1n2CCCCC1. The summed E-state index contributed by atoms with van der Waals surface area (Å²) in [4.78, 5) is 16.7. The molecule has 1 aliphatic heterocycles. The van der Waals surface area contributed by atoms with E-state index in [1.807, 2.05) is 0 Å². The maximum atomic E-state index is 13.8. The summed E-state index contributed by atoms with van der Waals surface area (Å²) in [5.74, 6) is -10.4. The molecule has 0 atom stereocenters. The van der Waals surface area contributed by atoms with Crippen LogP contribution in [0.1, 0.15) is 30.7 Å². The average molecular weight is 409 g/mol. The molecule has 0 unspecified atom stereocenters. The second kappa shape index (κ2) is 7.46. The first-order chi connectivity index (χ1) is 13.9. The molecule has 0 aliphatic carbocycles. The molecule has 0 spiro atoms. The molecule has 4 nitrogen and oxygen atoms in total. The van der Waals surface area contributed by atoms with Gasteiger partial charge in [-0.15, -0.1) is 0 Å². The molecule has 29 heavy (non-hydrogen) atoms. The Bertz CT molecular complexity index is 1100. The standard InChI is InChI=1S/C20H16F5N3O/c21-16-11(17(22)19(24)20(25)18(16)23)9-15(29)26-10-5-6-13-12(8-10)27-14-4-2-1-3-7-28(13)14/h5-6,8H,1-4,7,9H2,(H,26,29). The predicted octanol–water partition coefficient (Wildman–Crippen LogP) is 4.64. The highest BCUT2D eigenvalue weighted by molar-refractivity contribution is 5.94. The Balaban J connectivity index is 1.57. The number of carbonyl (C=O) groups is 1. The highest BCUT2D eigenvalue weighted by Crippen LogP contribution is 2.26. The average Bonchev–Trinajstić information content (AvgIpc) is 2.88. The first-order valence-electron chi connectivity index (χ1n) is 9.16. The van der Waals surface area contributed by atoms with E-state index in [-0.39, 0.29) is 0 Å². The summed E-state index contributed by atoms with van der Waals surface area (Å²) < 4.78 is 69.3. The maximum absolute atomic E-state index is 13.8. The van der Waals surface area contributed by atoms with E-state index in [1.54, 1.807) is 18.2 Å². The highest BCUT2D eigenvalue weighted by atomic mass is 19.2. The van der Waals surface area contributed by atoms with Crippen molar-refractivity contribution in [1.82, 2.24) is 9.55 Å². The number of nitrogens with one attached hydrogen (secondary N) is 1. The van der Waals surface area contributed by atoms with Crippen molar-refractivity contribution in [1.29, 1.82) is 0 Å². The molecule has 1 amide bonds. The lowest BCUT2D eigenvalue weighted by Gasteiger charge is -2.09. The van der Waals surface area contributed by atoms with Crippen LogP contribution in [0.4, 0.5) is 27.6 Å². The third-order valence-corrected chi connectivity index (χ3v) is 5.03. The molecular weight excluding hydrogens is 393 g/mol. The minimum Gasteiger partial charge on any atom is -0.328 e. The number of rotatable bonds is 3. The van der Waals surface area contributed by atoms with E-state index in [9.17, 15) is 26.7 Å². The molecule has 4 rings (SSSR count). The van der Waals surface area contributed by atoms with Crippen LogP contribution in [-0.2, 0) is 24.2 Å². The molecule has 1 aromatic heterocycles. The number of amides is 1. The first kappa shape index (κ1) is 19.4. The zero-order valence-corrected chi connectivity index (χ0v) is 15.2. The highest BCUT2D eigenvalue weighted by Gasteiger charge is 2.27. The Hall–Kier alpha value is -2.97. The number of aryl methyl sites for hydroxylation is 2. The summed E-state index contributed by atoms with van der Waals surface area (Å²) in [6.07, 6.45) is 3.10. The van der Waals surface area contributed by atoms with Crippen molar-refractivity contribution in [2.75, 3.05) is 5.32 Å². The number of halogens is 5. The molecule has 0 fully saturated rings. The zero-order chi connectivity index (χ0) is 20.7. The Morgan fingerprint density at radius 3 is 2.38 bits per heavy atom. The normalized spacial score (nSPS) is 14.0. The van der Waals surface area contributed by atoms with Gasteiger partial charge in [-0.3, -0.25) is 4.79 Å². The summed E-state index contributed by atoms with van der Waals surface area (Å²) in [6, 6.07) is 5.01. The molecule has 2 heterocycles. The molecule has 1 N–H and O–H groups in total. The van der Waals surface area contributed by atoms with Gasteiger partial charge in [-0.05, 0) is 31.0 Å². The lowest BCUT2D eigenvalue weighted by molar-refractivity contribution is -0.115. The predicted molar refractivity (Wildman–Crippen MR) is 95.9 cm³/mol. The number of nitrogens with zero attached hydrogens (tertiary/aromatic N) is 2. The van der Waals surface area contributed by atoms with Crippen molar-refractivity contribution in [3.63, 3.8) is 0 Å². The largest absolute Gasteiger partial charge is 0.328 e. The van der Waals surface area contributed by atoms with Crippen LogP contribution in [0, 0.1) is 29.1 Å². The van der Waals surface area contributed by atoms with Crippen molar-refractivity contribution in [2.45, 2.75) is 38.6 Å². The fraction of sp³-hybridized carbons (Fsp3) is 0.300. The maximum Gasteiger partial charge on any atom is 0.229 e. The molecule has 3 aromatic rings. The lowest BCUT2D eigenvalue weighted by atomic mass is 10.1. The number of aromatic nitrogens is 2. The van der Waals surface area contributed by atoms with Gasteiger partial charge in [0.2, 0.25) is 11.7 Å². The topological polar surface area (TPSA) is 46.9 Å². The van der Waals surface area contributed by atoms with Crippen LogP contribution < -0.4 is 5.32 Å². The molecule has 0 radical (unpaired) electrons. The van der Waals surface area contributed by atoms with Gasteiger partial charge in [0, 0.05) is 24.2 Å². The fourth-order valence-electron chi connectivity index (χ4n) is 3.60. The van der Waals surface area contributed by atoms with Gasteiger partial charge in [0.05, 0.1) is 17.5 Å². The number of anilines is 1. The van der Waals surface area contributed by atoms with Crippen molar-refractivity contribution in [3.05, 3.63) is 58.7 Å². The van der Waals surface area contributed by atoms with Crippen molar-refractivity contribution in [3.8, 4) is 0 Å². The van der Waals surface area contributed by atoms with Crippen molar-refractivity contribution >= 4 is 22.6 Å². The third-order valence-electron chi connectivity index (χ3n) is 5.03. The monoisotopic (exact) mass is 409 g/mol. The van der Waals surface area contributed by atoms with Crippen LogP contribution in [0.15, 0.2) is 18.2 Å². The molecule has 0 saturated heterocycles. The van der Waals surface area contributed by atoms with Gasteiger partial charge < -0.3 is 9.88 Å². The fourth-order valence-corrected chi connectivity index (χ4v) is 3.60. The molecule has 9 heteroatoms. The molecular formula is C20H16F5N3O. The molecule has 0 saturated carbocycles. The Kier molecular flexibility index (Phi) is 4.97. The summed E-state index contributed by atoms with van der Waals surface area (Å²) in [5, 5.41) is 2.42. The molecule has 1 aliphatic rings. The quantitative estimate of drug-likeness (QED) is 0.389. The summed E-state index contributed by atoms with van der Waals surface area (Å²) in [7, 11) is 0. The summed E-state index contributed by atoms with van der Waals surface area (Å²) in [5.41, 5.74) is 0.726. The van der Waals surface area contributed by atoms with E-state index < -0.39 is 47.0 Å². The van der Waals surface area contributed by atoms with Crippen LogP contribution >= 0.6 is 0 Å². The van der Waals surface area contributed by atoms with E-state index in [4.69, 9.17) is 0 Å². The van der Waals surface area contributed by atoms with E-state index >= 15 is 0 Å².